The molecule has 0 bridgehead atoms. The fourth-order valence-electron chi connectivity index (χ4n) is 4.51. The first-order chi connectivity index (χ1) is 17.2. The number of aromatic nitrogens is 2. The second-order valence-corrected chi connectivity index (χ2v) is 10.4. The van der Waals surface area contributed by atoms with Gasteiger partial charge in [-0.15, -0.1) is 0 Å². The zero-order valence-corrected chi connectivity index (χ0v) is 21.6. The molecule has 3 aromatic rings. The van der Waals surface area contributed by atoms with Gasteiger partial charge in [0.15, 0.2) is 0 Å². The van der Waals surface area contributed by atoms with Crippen LogP contribution in [0.1, 0.15) is 62.3 Å². The topological polar surface area (TPSA) is 80.8 Å². The molecule has 0 aliphatic carbocycles. The predicted octanol–water partition coefficient (Wildman–Crippen LogP) is 5.42. The summed E-state index contributed by atoms with van der Waals surface area (Å²) in [4.78, 5) is 29.1. The molecule has 1 aromatic carbocycles. The molecule has 36 heavy (non-hydrogen) atoms. The van der Waals surface area contributed by atoms with Gasteiger partial charge in [-0.2, -0.15) is 0 Å². The van der Waals surface area contributed by atoms with Crippen LogP contribution in [0.5, 0.6) is 0 Å². The number of carbonyl (C=O) groups excluding carboxylic acids is 2. The average Bonchev–Trinajstić information content (AvgIpc) is 3.53. The highest BCUT2D eigenvalue weighted by Gasteiger charge is 2.29. The first-order valence-electron chi connectivity index (χ1n) is 12.6. The van der Waals surface area contributed by atoms with E-state index < -0.39 is 5.60 Å². The standard InChI is InChI=1S/C28H36N4O4/c1-28(2,3)35-27(34)31-18-14-22(15-19-31)32-17-9-13-25(32)26(33)30(4)16-8-12-23-20-24(29-36-23)21-10-6-5-7-11-21/h5-7,9-11,13,17,20,22H,8,12,14-16,18-19H2,1-4H3. The van der Waals surface area contributed by atoms with E-state index in [4.69, 9.17) is 9.26 Å². The molecule has 1 fully saturated rings. The lowest BCUT2D eigenvalue weighted by molar-refractivity contribution is 0.0186. The van der Waals surface area contributed by atoms with Gasteiger partial charge in [0.25, 0.3) is 5.91 Å². The zero-order valence-electron chi connectivity index (χ0n) is 21.6. The Morgan fingerprint density at radius 2 is 1.83 bits per heavy atom. The lowest BCUT2D eigenvalue weighted by atomic mass is 10.0. The summed E-state index contributed by atoms with van der Waals surface area (Å²) in [5, 5.41) is 4.17. The Labute approximate surface area is 212 Å². The summed E-state index contributed by atoms with van der Waals surface area (Å²) in [5.41, 5.74) is 2.03. The minimum atomic E-state index is -0.504. The van der Waals surface area contributed by atoms with E-state index in [1.807, 2.05) is 82.5 Å². The van der Waals surface area contributed by atoms with E-state index in [1.165, 1.54) is 0 Å². The predicted molar refractivity (Wildman–Crippen MR) is 138 cm³/mol. The van der Waals surface area contributed by atoms with E-state index in [0.717, 1.165) is 36.3 Å². The molecule has 0 unspecified atom stereocenters. The largest absolute Gasteiger partial charge is 0.444 e. The Morgan fingerprint density at radius 1 is 1.11 bits per heavy atom. The molecule has 0 saturated carbocycles. The molecular weight excluding hydrogens is 456 g/mol. The number of benzene rings is 1. The molecule has 8 heteroatoms. The van der Waals surface area contributed by atoms with Crippen molar-refractivity contribution < 1.29 is 18.8 Å². The summed E-state index contributed by atoms with van der Waals surface area (Å²) < 4.78 is 13.1. The number of piperidine rings is 1. The minimum Gasteiger partial charge on any atom is -0.444 e. The molecule has 0 spiro atoms. The zero-order chi connectivity index (χ0) is 25.7. The number of aryl methyl sites for hydroxylation is 1. The fourth-order valence-corrected chi connectivity index (χ4v) is 4.51. The monoisotopic (exact) mass is 492 g/mol. The van der Waals surface area contributed by atoms with Crippen LogP contribution in [-0.4, -0.2) is 63.8 Å². The van der Waals surface area contributed by atoms with Crippen molar-refractivity contribution in [2.75, 3.05) is 26.7 Å². The van der Waals surface area contributed by atoms with Gasteiger partial charge in [0.1, 0.15) is 22.7 Å². The first-order valence-corrected chi connectivity index (χ1v) is 12.6. The van der Waals surface area contributed by atoms with Gasteiger partial charge in [0, 0.05) is 57.0 Å². The Balaban J connectivity index is 1.28. The van der Waals surface area contributed by atoms with E-state index in [-0.39, 0.29) is 18.0 Å². The third-order valence-corrected chi connectivity index (χ3v) is 6.40. The van der Waals surface area contributed by atoms with Gasteiger partial charge >= 0.3 is 6.09 Å². The molecule has 192 valence electrons. The van der Waals surface area contributed by atoms with Crippen LogP contribution in [0.2, 0.25) is 0 Å². The number of ether oxygens (including phenoxy) is 1. The third kappa shape index (κ3) is 6.36. The molecule has 3 heterocycles. The molecule has 2 aromatic heterocycles. The first kappa shape index (κ1) is 25.5. The van der Waals surface area contributed by atoms with E-state index in [9.17, 15) is 9.59 Å². The normalized spacial score (nSPS) is 14.6. The average molecular weight is 493 g/mol. The molecule has 2 amide bonds. The van der Waals surface area contributed by atoms with Crippen LogP contribution in [0.4, 0.5) is 4.79 Å². The molecule has 8 nitrogen and oxygen atoms in total. The van der Waals surface area contributed by atoms with E-state index >= 15 is 0 Å². The Morgan fingerprint density at radius 3 is 2.53 bits per heavy atom. The van der Waals surface area contributed by atoms with E-state index in [1.54, 1.807) is 9.80 Å². The molecule has 0 atom stereocenters. The molecule has 1 saturated heterocycles. The van der Waals surface area contributed by atoms with Gasteiger partial charge in [0.2, 0.25) is 0 Å². The minimum absolute atomic E-state index is 0.00267. The van der Waals surface area contributed by atoms with Crippen molar-refractivity contribution in [1.82, 2.24) is 19.5 Å². The van der Waals surface area contributed by atoms with Crippen LogP contribution in [0.3, 0.4) is 0 Å². The maximum absolute atomic E-state index is 13.2. The maximum Gasteiger partial charge on any atom is 0.410 e. The van der Waals surface area contributed by atoms with Crippen LogP contribution in [0, 0.1) is 0 Å². The SMILES string of the molecule is CN(CCCc1cc(-c2ccccc2)no1)C(=O)c1cccn1C1CCN(C(=O)OC(C)(C)C)CC1. The van der Waals surface area contributed by atoms with Crippen molar-refractivity contribution in [1.29, 1.82) is 0 Å². The molecule has 0 N–H and O–H groups in total. The highest BCUT2D eigenvalue weighted by molar-refractivity contribution is 5.92. The van der Waals surface area contributed by atoms with Crippen LogP contribution < -0.4 is 0 Å². The Bertz CT molecular complexity index is 1150. The number of amides is 2. The Hall–Kier alpha value is -3.55. The summed E-state index contributed by atoms with van der Waals surface area (Å²) in [6, 6.07) is 15.9. The highest BCUT2D eigenvalue weighted by atomic mass is 16.6. The van der Waals surface area contributed by atoms with Crippen LogP contribution >= 0.6 is 0 Å². The van der Waals surface area contributed by atoms with Crippen molar-refractivity contribution in [3.8, 4) is 11.3 Å². The number of nitrogens with zero attached hydrogens (tertiary/aromatic N) is 4. The summed E-state index contributed by atoms with van der Waals surface area (Å²) in [6.45, 7) is 7.47. The van der Waals surface area contributed by atoms with Crippen LogP contribution in [0.25, 0.3) is 11.3 Å². The second kappa shape index (κ2) is 11.0. The van der Waals surface area contributed by atoms with Gasteiger partial charge in [0.05, 0.1) is 0 Å². The second-order valence-electron chi connectivity index (χ2n) is 10.4. The van der Waals surface area contributed by atoms with Crippen molar-refractivity contribution in [2.45, 2.75) is 58.1 Å². The molecular formula is C28H36N4O4. The smallest absolute Gasteiger partial charge is 0.410 e. The van der Waals surface area contributed by atoms with Crippen LogP contribution in [0.15, 0.2) is 59.3 Å². The maximum atomic E-state index is 13.2. The van der Waals surface area contributed by atoms with Gasteiger partial charge in [-0.1, -0.05) is 35.5 Å². The molecule has 4 rings (SSSR count). The van der Waals surface area contributed by atoms with Crippen molar-refractivity contribution >= 4 is 12.0 Å². The van der Waals surface area contributed by atoms with E-state index in [0.29, 0.717) is 31.7 Å². The quantitative estimate of drug-likeness (QED) is 0.440. The lowest BCUT2D eigenvalue weighted by Gasteiger charge is -2.34. The summed E-state index contributed by atoms with van der Waals surface area (Å²) >= 11 is 0. The van der Waals surface area contributed by atoms with Gasteiger partial charge < -0.3 is 23.6 Å². The number of rotatable bonds is 7. The number of carbonyl (C=O) groups is 2. The van der Waals surface area contributed by atoms with Crippen molar-refractivity contribution in [3.63, 3.8) is 0 Å². The Kier molecular flexibility index (Phi) is 7.82. The van der Waals surface area contributed by atoms with Gasteiger partial charge in [-0.05, 0) is 52.2 Å². The molecule has 1 aliphatic rings. The molecule has 1 aliphatic heterocycles. The van der Waals surface area contributed by atoms with Crippen molar-refractivity contribution in [2.24, 2.45) is 0 Å². The fraction of sp³-hybridized carbons (Fsp3) is 0.464. The van der Waals surface area contributed by atoms with E-state index in [2.05, 4.69) is 9.72 Å². The van der Waals surface area contributed by atoms with Gasteiger partial charge in [-0.3, -0.25) is 4.79 Å². The summed E-state index contributed by atoms with van der Waals surface area (Å²) in [5.74, 6) is 0.812. The number of hydrogen-bond donors (Lipinski definition) is 0. The summed E-state index contributed by atoms with van der Waals surface area (Å²) in [7, 11) is 1.83. The third-order valence-electron chi connectivity index (χ3n) is 6.40. The number of likely N-dealkylation sites (tertiary alicyclic amines) is 1. The van der Waals surface area contributed by atoms with Crippen LogP contribution in [-0.2, 0) is 11.2 Å². The van der Waals surface area contributed by atoms with Crippen molar-refractivity contribution in [3.05, 3.63) is 66.2 Å². The van der Waals surface area contributed by atoms with Gasteiger partial charge in [-0.25, -0.2) is 4.79 Å². The summed E-state index contributed by atoms with van der Waals surface area (Å²) in [6.07, 6.45) is 4.75. The lowest BCUT2D eigenvalue weighted by Crippen LogP contribution is -2.42. The molecule has 0 radical (unpaired) electrons. The number of hydrogen-bond acceptors (Lipinski definition) is 5. The highest BCUT2D eigenvalue weighted by Crippen LogP contribution is 2.26.